The lowest BCUT2D eigenvalue weighted by molar-refractivity contribution is 0.0957. The van der Waals surface area contributed by atoms with Gasteiger partial charge in [0.05, 0.1) is 10.7 Å². The Bertz CT molecular complexity index is 950. The zero-order valence-electron chi connectivity index (χ0n) is 12.3. The number of carbonyl (C=O) groups excluding carboxylic acids is 1. The highest BCUT2D eigenvalue weighted by Gasteiger charge is 2.09. The summed E-state index contributed by atoms with van der Waals surface area (Å²) < 4.78 is 1.33. The number of carbonyl (C=O) groups is 1. The summed E-state index contributed by atoms with van der Waals surface area (Å²) in [5, 5.41) is 15.8. The fourth-order valence-electron chi connectivity index (χ4n) is 2.33. The van der Waals surface area contributed by atoms with Crippen LogP contribution in [-0.2, 0) is 0 Å². The molecule has 0 saturated heterocycles. The Morgan fingerprint density at radius 1 is 1.08 bits per heavy atom. The van der Waals surface area contributed by atoms with Crippen molar-refractivity contribution >= 4 is 54.8 Å². The number of phenols is 1. The number of nitrogens with zero attached hydrogens (tertiary/aromatic N) is 1. The van der Waals surface area contributed by atoms with Crippen LogP contribution in [-0.4, -0.2) is 17.2 Å². The Balaban J connectivity index is 1.83. The first-order valence-corrected chi connectivity index (χ1v) is 8.64. The van der Waals surface area contributed by atoms with Gasteiger partial charge < -0.3 is 5.11 Å². The number of amides is 1. The summed E-state index contributed by atoms with van der Waals surface area (Å²) in [5.41, 5.74) is 3.52. The maximum absolute atomic E-state index is 12.4. The van der Waals surface area contributed by atoms with Crippen molar-refractivity contribution < 1.29 is 9.90 Å². The second-order valence-corrected chi connectivity index (χ2v) is 6.82. The summed E-state index contributed by atoms with van der Waals surface area (Å²) in [6.07, 6.45) is 1.40. The number of phenolic OH excluding ortho intramolecular Hbond substituents is 1. The maximum Gasteiger partial charge on any atom is 0.271 e. The van der Waals surface area contributed by atoms with Crippen molar-refractivity contribution in [2.24, 2.45) is 5.10 Å². The minimum Gasteiger partial charge on any atom is -0.506 e. The molecule has 6 heteroatoms. The largest absolute Gasteiger partial charge is 0.506 e. The molecule has 0 fully saturated rings. The van der Waals surface area contributed by atoms with Gasteiger partial charge in [0.25, 0.3) is 5.91 Å². The van der Waals surface area contributed by atoms with Crippen LogP contribution in [0.1, 0.15) is 15.9 Å². The molecular formula is C18H12Br2N2O2. The van der Waals surface area contributed by atoms with E-state index < -0.39 is 0 Å². The topological polar surface area (TPSA) is 61.7 Å². The fraction of sp³-hybridized carbons (Fsp3) is 0. The van der Waals surface area contributed by atoms with Crippen molar-refractivity contribution in [1.82, 2.24) is 5.43 Å². The minimum atomic E-state index is -0.309. The van der Waals surface area contributed by atoms with Gasteiger partial charge in [0, 0.05) is 15.6 Å². The van der Waals surface area contributed by atoms with Gasteiger partial charge in [-0.2, -0.15) is 5.10 Å². The van der Waals surface area contributed by atoms with E-state index in [-0.39, 0.29) is 11.7 Å². The Hall–Kier alpha value is -2.18. The second kappa shape index (κ2) is 7.15. The first-order chi connectivity index (χ1) is 11.6. The first kappa shape index (κ1) is 16.7. The summed E-state index contributed by atoms with van der Waals surface area (Å²) >= 11 is 6.59. The van der Waals surface area contributed by atoms with Crippen LogP contribution in [0.4, 0.5) is 0 Å². The summed E-state index contributed by atoms with van der Waals surface area (Å²) in [5.74, 6) is -0.252. The van der Waals surface area contributed by atoms with Gasteiger partial charge in [-0.3, -0.25) is 4.79 Å². The number of hydrazone groups is 1. The SMILES string of the molecule is O=C(N/N=C\c1cc(Br)cc(Br)c1O)c1cccc2ccccc12. The molecule has 3 aromatic carbocycles. The van der Waals surface area contributed by atoms with E-state index in [1.54, 1.807) is 18.2 Å². The molecule has 0 aliphatic carbocycles. The highest BCUT2D eigenvalue weighted by atomic mass is 79.9. The number of aromatic hydroxyl groups is 1. The van der Waals surface area contributed by atoms with Crippen molar-refractivity contribution in [3.8, 4) is 5.75 Å². The third-order valence-electron chi connectivity index (χ3n) is 3.46. The molecular weight excluding hydrogens is 436 g/mol. The van der Waals surface area contributed by atoms with Gasteiger partial charge in [0.15, 0.2) is 0 Å². The van der Waals surface area contributed by atoms with Crippen LogP contribution in [0.15, 0.2) is 68.6 Å². The van der Waals surface area contributed by atoms with Crippen molar-refractivity contribution in [3.63, 3.8) is 0 Å². The van der Waals surface area contributed by atoms with Gasteiger partial charge in [0.2, 0.25) is 0 Å². The van der Waals surface area contributed by atoms with E-state index in [0.29, 0.717) is 15.6 Å². The van der Waals surface area contributed by atoms with Crippen LogP contribution in [0, 0.1) is 0 Å². The van der Waals surface area contributed by atoms with Crippen molar-refractivity contribution in [2.75, 3.05) is 0 Å². The minimum absolute atomic E-state index is 0.0568. The molecule has 0 unspecified atom stereocenters. The normalized spacial score (nSPS) is 11.1. The van der Waals surface area contributed by atoms with Gasteiger partial charge in [0.1, 0.15) is 5.75 Å². The molecule has 3 aromatic rings. The zero-order valence-corrected chi connectivity index (χ0v) is 15.5. The van der Waals surface area contributed by atoms with Gasteiger partial charge in [-0.1, -0.05) is 52.3 Å². The molecule has 120 valence electrons. The predicted molar refractivity (Wildman–Crippen MR) is 103 cm³/mol. The Morgan fingerprint density at radius 3 is 2.67 bits per heavy atom. The Kier molecular flexibility index (Phi) is 4.97. The molecule has 2 N–H and O–H groups in total. The summed E-state index contributed by atoms with van der Waals surface area (Å²) in [4.78, 5) is 12.4. The lowest BCUT2D eigenvalue weighted by atomic mass is 10.0. The lowest BCUT2D eigenvalue weighted by Crippen LogP contribution is -2.17. The molecule has 0 aliphatic rings. The smallest absolute Gasteiger partial charge is 0.271 e. The van der Waals surface area contributed by atoms with Crippen molar-refractivity contribution in [1.29, 1.82) is 0 Å². The zero-order chi connectivity index (χ0) is 17.1. The highest BCUT2D eigenvalue weighted by Crippen LogP contribution is 2.30. The second-order valence-electron chi connectivity index (χ2n) is 5.05. The molecule has 0 bridgehead atoms. The molecule has 0 spiro atoms. The highest BCUT2D eigenvalue weighted by molar-refractivity contribution is 9.11. The predicted octanol–water partition coefficient (Wildman–Crippen LogP) is 4.83. The quantitative estimate of drug-likeness (QED) is 0.446. The number of hydrogen-bond acceptors (Lipinski definition) is 3. The number of benzene rings is 3. The summed E-state index contributed by atoms with van der Waals surface area (Å²) in [6, 6.07) is 16.6. The molecule has 0 aliphatic heterocycles. The van der Waals surface area contributed by atoms with E-state index in [1.807, 2.05) is 36.4 Å². The Labute approximate surface area is 155 Å². The van der Waals surface area contributed by atoms with Crippen LogP contribution in [0.3, 0.4) is 0 Å². The standard InChI is InChI=1S/C18H12Br2N2O2/c19-13-8-12(17(23)16(20)9-13)10-21-22-18(24)15-7-3-5-11-4-1-2-6-14(11)15/h1-10,23H,(H,22,24)/b21-10-. The van der Waals surface area contributed by atoms with Gasteiger partial charge >= 0.3 is 0 Å². The number of rotatable bonds is 3. The van der Waals surface area contributed by atoms with E-state index in [4.69, 9.17) is 0 Å². The van der Waals surface area contributed by atoms with Crippen LogP contribution in [0.5, 0.6) is 5.75 Å². The average Bonchev–Trinajstić information content (AvgIpc) is 2.58. The van der Waals surface area contributed by atoms with Crippen molar-refractivity contribution in [2.45, 2.75) is 0 Å². The van der Waals surface area contributed by atoms with Crippen LogP contribution in [0.25, 0.3) is 10.8 Å². The molecule has 0 radical (unpaired) electrons. The Morgan fingerprint density at radius 2 is 1.83 bits per heavy atom. The summed E-state index contributed by atoms with van der Waals surface area (Å²) in [7, 11) is 0. The molecule has 0 atom stereocenters. The average molecular weight is 448 g/mol. The number of fused-ring (bicyclic) bond motifs is 1. The molecule has 4 nitrogen and oxygen atoms in total. The van der Waals surface area contributed by atoms with Crippen molar-refractivity contribution in [3.05, 3.63) is 74.7 Å². The van der Waals surface area contributed by atoms with E-state index in [2.05, 4.69) is 42.4 Å². The fourth-order valence-corrected chi connectivity index (χ4v) is 3.59. The maximum atomic E-state index is 12.4. The van der Waals surface area contributed by atoms with Gasteiger partial charge in [-0.25, -0.2) is 5.43 Å². The monoisotopic (exact) mass is 446 g/mol. The molecule has 24 heavy (non-hydrogen) atoms. The van der Waals surface area contributed by atoms with Crippen LogP contribution >= 0.6 is 31.9 Å². The molecule has 1 amide bonds. The van der Waals surface area contributed by atoms with Gasteiger partial charge in [-0.05, 0) is 44.9 Å². The van der Waals surface area contributed by atoms with Crippen LogP contribution in [0.2, 0.25) is 0 Å². The van der Waals surface area contributed by atoms with Crippen LogP contribution < -0.4 is 5.43 Å². The number of halogens is 2. The number of hydrogen-bond donors (Lipinski definition) is 2. The van der Waals surface area contributed by atoms with Gasteiger partial charge in [-0.15, -0.1) is 0 Å². The first-order valence-electron chi connectivity index (χ1n) is 7.05. The van der Waals surface area contributed by atoms with E-state index in [9.17, 15) is 9.90 Å². The number of nitrogens with one attached hydrogen (secondary N) is 1. The molecule has 0 aromatic heterocycles. The third kappa shape index (κ3) is 3.49. The lowest BCUT2D eigenvalue weighted by Gasteiger charge is -2.05. The molecule has 0 saturated carbocycles. The van der Waals surface area contributed by atoms with E-state index >= 15 is 0 Å². The summed E-state index contributed by atoms with van der Waals surface area (Å²) in [6.45, 7) is 0. The molecule has 0 heterocycles. The third-order valence-corrected chi connectivity index (χ3v) is 4.52. The van der Waals surface area contributed by atoms with E-state index in [1.165, 1.54) is 6.21 Å². The van der Waals surface area contributed by atoms with E-state index in [0.717, 1.165) is 15.2 Å². The molecule has 3 rings (SSSR count).